The number of carbonyl (C=O) groups excluding carboxylic acids is 5. The summed E-state index contributed by atoms with van der Waals surface area (Å²) >= 11 is 0.891. The van der Waals surface area contributed by atoms with Crippen LogP contribution in [0.25, 0.3) is 0 Å². The van der Waals surface area contributed by atoms with Gasteiger partial charge in [0.15, 0.2) is 12.2 Å². The van der Waals surface area contributed by atoms with Crippen LogP contribution < -0.4 is 5.32 Å². The molecule has 0 bridgehead atoms. The van der Waals surface area contributed by atoms with Gasteiger partial charge in [-0.15, -0.1) is 11.8 Å². The van der Waals surface area contributed by atoms with E-state index in [1.54, 1.807) is 12.2 Å². The molecule has 0 spiro atoms. The van der Waals surface area contributed by atoms with E-state index in [4.69, 9.17) is 23.7 Å². The van der Waals surface area contributed by atoms with Crippen molar-refractivity contribution >= 4 is 41.5 Å². The summed E-state index contributed by atoms with van der Waals surface area (Å²) in [6.07, 6.45) is -8.18. The van der Waals surface area contributed by atoms with Gasteiger partial charge in [0.1, 0.15) is 12.7 Å². The summed E-state index contributed by atoms with van der Waals surface area (Å²) in [5.41, 5.74) is 0. The summed E-state index contributed by atoms with van der Waals surface area (Å²) in [5, 5.41) is 1.70. The molecule has 35 heavy (non-hydrogen) atoms. The zero-order chi connectivity index (χ0) is 27.0. The molecule has 0 aromatic carbocycles. The second-order valence-electron chi connectivity index (χ2n) is 7.06. The average Bonchev–Trinajstić information content (AvgIpc) is 2.74. The number of nitrogens with one attached hydrogen (secondary N) is 1. The lowest BCUT2D eigenvalue weighted by atomic mass is 9.96. The molecule has 1 aliphatic rings. The zero-order valence-electron chi connectivity index (χ0n) is 19.5. The van der Waals surface area contributed by atoms with Gasteiger partial charge in [-0.25, -0.2) is 4.79 Å². The predicted molar refractivity (Wildman–Crippen MR) is 113 cm³/mol. The molecule has 0 aromatic heterocycles. The molecule has 1 aliphatic heterocycles. The number of amides is 1. The minimum atomic E-state index is -5.28. The number of methoxy groups -OCH3 is 1. The van der Waals surface area contributed by atoms with Crippen molar-refractivity contribution in [3.05, 3.63) is 12.2 Å². The van der Waals surface area contributed by atoms with Crippen LogP contribution in [0.4, 0.5) is 13.2 Å². The molecule has 11 nitrogen and oxygen atoms in total. The highest BCUT2D eigenvalue weighted by Gasteiger charge is 2.52. The first-order chi connectivity index (χ1) is 16.2. The van der Waals surface area contributed by atoms with E-state index in [2.05, 4.69) is 0 Å². The topological polar surface area (TPSA) is 144 Å². The number of ether oxygens (including phenoxy) is 5. The van der Waals surface area contributed by atoms with E-state index in [1.807, 2.05) is 0 Å². The molecule has 1 heterocycles. The fourth-order valence-corrected chi connectivity index (χ4v) is 4.04. The number of halogens is 3. The Morgan fingerprint density at radius 1 is 1.09 bits per heavy atom. The van der Waals surface area contributed by atoms with E-state index in [0.29, 0.717) is 0 Å². The predicted octanol–water partition coefficient (Wildman–Crippen LogP) is 1.04. The summed E-state index contributed by atoms with van der Waals surface area (Å²) in [6, 6.07) is -1.63. The molecule has 0 unspecified atom stereocenters. The van der Waals surface area contributed by atoms with E-state index in [0.717, 1.165) is 51.8 Å². The van der Waals surface area contributed by atoms with Crippen molar-refractivity contribution in [3.63, 3.8) is 0 Å². The van der Waals surface area contributed by atoms with Crippen molar-refractivity contribution in [1.29, 1.82) is 0 Å². The van der Waals surface area contributed by atoms with Crippen LogP contribution in [-0.4, -0.2) is 84.7 Å². The van der Waals surface area contributed by atoms with Gasteiger partial charge in [0, 0.05) is 20.8 Å². The molecular weight excluding hydrogens is 503 g/mol. The smallest absolute Gasteiger partial charge is 0.466 e. The fraction of sp³-hybridized carbons (Fsp3) is 0.650. The summed E-state index contributed by atoms with van der Waals surface area (Å²) < 4.78 is 64.7. The molecule has 198 valence electrons. The van der Waals surface area contributed by atoms with E-state index >= 15 is 0 Å². The van der Waals surface area contributed by atoms with Gasteiger partial charge in [-0.3, -0.25) is 19.2 Å². The number of esters is 4. The van der Waals surface area contributed by atoms with Crippen LogP contribution >= 0.6 is 11.8 Å². The summed E-state index contributed by atoms with van der Waals surface area (Å²) in [6.45, 7) is 3.97. The number of hydrogen-bond acceptors (Lipinski definition) is 11. The van der Waals surface area contributed by atoms with Gasteiger partial charge in [0.05, 0.1) is 13.2 Å². The van der Waals surface area contributed by atoms with Crippen molar-refractivity contribution in [3.8, 4) is 0 Å². The van der Waals surface area contributed by atoms with E-state index in [1.165, 1.54) is 0 Å². The highest BCUT2D eigenvalue weighted by Crippen LogP contribution is 2.38. The normalized spacial score (nSPS) is 23.4. The third-order valence-corrected chi connectivity index (χ3v) is 5.45. The summed E-state index contributed by atoms with van der Waals surface area (Å²) in [4.78, 5) is 57.2. The van der Waals surface area contributed by atoms with Gasteiger partial charge in [-0.1, -0.05) is 13.0 Å². The highest BCUT2D eigenvalue weighted by atomic mass is 32.2. The van der Waals surface area contributed by atoms with Gasteiger partial charge in [-0.05, 0) is 11.8 Å². The first kappa shape index (κ1) is 30.2. The monoisotopic (exact) mass is 529 g/mol. The Hall–Kier alpha value is -2.81. The first-order valence-electron chi connectivity index (χ1n) is 10.1. The van der Waals surface area contributed by atoms with Gasteiger partial charge >= 0.3 is 36.0 Å². The van der Waals surface area contributed by atoms with Crippen molar-refractivity contribution in [2.45, 2.75) is 63.2 Å². The van der Waals surface area contributed by atoms with Crippen molar-refractivity contribution in [1.82, 2.24) is 5.32 Å². The Bertz CT molecular complexity index is 849. The number of carbonyl (C=O) groups is 5. The van der Waals surface area contributed by atoms with E-state index in [9.17, 15) is 37.1 Å². The summed E-state index contributed by atoms with van der Waals surface area (Å²) in [5.74, 6) is -5.72. The number of hydrogen-bond donors (Lipinski definition) is 1. The molecule has 1 rings (SSSR count). The molecule has 15 heteroatoms. The molecule has 0 fully saturated rings. The third-order valence-electron chi connectivity index (χ3n) is 4.33. The molecule has 0 saturated carbocycles. The Labute approximate surface area is 203 Å². The molecule has 1 N–H and O–H groups in total. The molecule has 0 aliphatic carbocycles. The maximum absolute atomic E-state index is 13.0. The fourth-order valence-electron chi connectivity index (χ4n) is 3.06. The first-order valence-corrected chi connectivity index (χ1v) is 11.1. The minimum absolute atomic E-state index is 0.269. The van der Waals surface area contributed by atoms with Crippen LogP contribution in [0.5, 0.6) is 0 Å². The van der Waals surface area contributed by atoms with Gasteiger partial charge in [-0.2, -0.15) is 13.2 Å². The summed E-state index contributed by atoms with van der Waals surface area (Å²) in [7, 11) is 1.05. The van der Waals surface area contributed by atoms with Crippen molar-refractivity contribution in [2.75, 3.05) is 19.5 Å². The Morgan fingerprint density at radius 3 is 2.14 bits per heavy atom. The Balaban J connectivity index is 3.62. The second kappa shape index (κ2) is 12.8. The highest BCUT2D eigenvalue weighted by molar-refractivity contribution is 8.01. The van der Waals surface area contributed by atoms with Crippen LogP contribution in [0, 0.1) is 0 Å². The van der Waals surface area contributed by atoms with Crippen molar-refractivity contribution < 1.29 is 60.8 Å². The molecule has 0 saturated heterocycles. The third kappa shape index (κ3) is 8.72. The van der Waals surface area contributed by atoms with Gasteiger partial charge in [0.2, 0.25) is 4.93 Å². The molecule has 1 amide bonds. The quantitative estimate of drug-likeness (QED) is 0.246. The standard InChI is InChI=1S/C20H26F3NO10S/c1-6-35-19(18(29)30-5)8-7-13(24-17(28)20(21,22)23)15(34-19)16(33-12(4)27)14(32-11(3)26)9-31-10(2)25/h7-8,13-16H,6,9H2,1-5H3,(H,24,28)/t13-,14-,15-,16-,19-/m1/s1. The second-order valence-corrected chi connectivity index (χ2v) is 8.53. The molecule has 0 radical (unpaired) electrons. The molecular formula is C20H26F3NO10S. The van der Waals surface area contributed by atoms with Crippen molar-refractivity contribution in [2.24, 2.45) is 0 Å². The van der Waals surface area contributed by atoms with Crippen LogP contribution in [0.2, 0.25) is 0 Å². The lowest BCUT2D eigenvalue weighted by Crippen LogP contribution is -2.61. The van der Waals surface area contributed by atoms with Gasteiger partial charge in [0.25, 0.3) is 0 Å². The minimum Gasteiger partial charge on any atom is -0.466 e. The van der Waals surface area contributed by atoms with Crippen LogP contribution in [-0.2, 0) is 47.7 Å². The van der Waals surface area contributed by atoms with Crippen LogP contribution in [0.15, 0.2) is 12.2 Å². The SMILES string of the molecule is CCS[C@@]1(C(=O)OC)C=C[C@@H](NC(=O)C(F)(F)F)[C@H]([C@H](OC(C)=O)[C@@H](COC(C)=O)OC(C)=O)O1. The molecule has 0 aromatic rings. The number of thioether (sulfide) groups is 1. The lowest BCUT2D eigenvalue weighted by molar-refractivity contribution is -0.199. The van der Waals surface area contributed by atoms with Crippen LogP contribution in [0.3, 0.4) is 0 Å². The lowest BCUT2D eigenvalue weighted by Gasteiger charge is -2.42. The Morgan fingerprint density at radius 2 is 1.69 bits per heavy atom. The largest absolute Gasteiger partial charge is 0.471 e. The Kier molecular flexibility index (Phi) is 11.0. The van der Waals surface area contributed by atoms with E-state index in [-0.39, 0.29) is 5.75 Å². The number of rotatable bonds is 10. The zero-order valence-corrected chi connectivity index (χ0v) is 20.3. The molecule has 5 atom stereocenters. The average molecular weight is 529 g/mol. The maximum Gasteiger partial charge on any atom is 0.471 e. The van der Waals surface area contributed by atoms with E-state index < -0.39 is 71.9 Å². The van der Waals surface area contributed by atoms with Gasteiger partial charge < -0.3 is 29.0 Å². The number of alkyl halides is 3. The van der Waals surface area contributed by atoms with Crippen LogP contribution in [0.1, 0.15) is 27.7 Å². The maximum atomic E-state index is 13.0.